The molecule has 1 fully saturated rings. The fraction of sp³-hybridized carbons (Fsp3) is 0.208. The summed E-state index contributed by atoms with van der Waals surface area (Å²) in [7, 11) is 0. The number of aliphatic hydroxyl groups is 1. The van der Waals surface area contributed by atoms with Crippen molar-refractivity contribution >= 4 is 17.3 Å². The largest absolute Gasteiger partial charge is 0.508 e. The van der Waals surface area contributed by atoms with Crippen molar-refractivity contribution in [2.45, 2.75) is 25.0 Å². The number of amides is 1. The van der Waals surface area contributed by atoms with Crippen molar-refractivity contribution in [2.75, 3.05) is 10.6 Å². The second-order valence-electron chi connectivity index (χ2n) is 7.70. The van der Waals surface area contributed by atoms with Gasteiger partial charge >= 0.3 is 0 Å². The van der Waals surface area contributed by atoms with Crippen molar-refractivity contribution in [1.29, 1.82) is 0 Å². The van der Waals surface area contributed by atoms with Gasteiger partial charge in [0.05, 0.1) is 18.1 Å². The van der Waals surface area contributed by atoms with Crippen LogP contribution in [0.2, 0.25) is 0 Å². The Hall–Kier alpha value is -3.45. The van der Waals surface area contributed by atoms with Gasteiger partial charge in [-0.3, -0.25) is 4.79 Å². The molecule has 3 aromatic carbocycles. The highest BCUT2D eigenvalue weighted by Gasteiger charge is 2.49. The Balaban J connectivity index is 1.59. The van der Waals surface area contributed by atoms with E-state index in [1.807, 2.05) is 0 Å². The van der Waals surface area contributed by atoms with Crippen molar-refractivity contribution < 1.29 is 23.8 Å². The molecular weight excluding hydrogens is 402 g/mol. The van der Waals surface area contributed by atoms with Crippen LogP contribution in [0.15, 0.2) is 66.7 Å². The lowest BCUT2D eigenvalue weighted by Gasteiger charge is -2.48. The number of β-lactam (4-membered cyclic amide) rings is 1. The Morgan fingerprint density at radius 2 is 1.58 bits per heavy atom. The zero-order valence-corrected chi connectivity index (χ0v) is 16.6. The molecule has 1 heterocycles. The summed E-state index contributed by atoms with van der Waals surface area (Å²) < 4.78 is 26.5. The average molecular weight is 424 g/mol. The quantitative estimate of drug-likeness (QED) is 0.403. The monoisotopic (exact) mass is 424 g/mol. The number of aliphatic hydroxyl groups excluding tert-OH is 1. The normalized spacial score (nSPS) is 19.2. The maximum absolute atomic E-state index is 13.4. The second kappa shape index (κ2) is 8.35. The maximum Gasteiger partial charge on any atom is 0.233 e. The van der Waals surface area contributed by atoms with Crippen LogP contribution in [0.5, 0.6) is 5.75 Å². The van der Waals surface area contributed by atoms with Crippen LogP contribution in [0.3, 0.4) is 0 Å². The minimum absolute atomic E-state index is 0.0336. The van der Waals surface area contributed by atoms with E-state index in [-0.39, 0.29) is 23.9 Å². The number of benzene rings is 3. The van der Waals surface area contributed by atoms with Crippen LogP contribution in [0.4, 0.5) is 20.2 Å². The Bertz CT molecular complexity index is 1090. The van der Waals surface area contributed by atoms with Crippen molar-refractivity contribution in [2.24, 2.45) is 5.92 Å². The van der Waals surface area contributed by atoms with Gasteiger partial charge in [-0.1, -0.05) is 18.2 Å². The van der Waals surface area contributed by atoms with E-state index >= 15 is 0 Å². The Kier molecular flexibility index (Phi) is 5.61. The lowest BCUT2D eigenvalue weighted by Crippen LogP contribution is -2.55. The molecule has 0 saturated carbocycles. The van der Waals surface area contributed by atoms with Crippen molar-refractivity contribution in [3.8, 4) is 5.75 Å². The number of phenols is 1. The zero-order chi connectivity index (χ0) is 22.1. The highest BCUT2D eigenvalue weighted by Crippen LogP contribution is 2.48. The highest BCUT2D eigenvalue weighted by atomic mass is 19.1. The SMILES string of the molecule is Nc1ccc([C@@H]2[C@@H](CC[C@H](O)c3ccc(F)cc3)C(=O)N2c2ccc(F)cc2)c(O)c1. The predicted molar refractivity (Wildman–Crippen MR) is 113 cm³/mol. The zero-order valence-electron chi connectivity index (χ0n) is 16.6. The molecule has 0 aliphatic carbocycles. The Morgan fingerprint density at radius 3 is 2.19 bits per heavy atom. The van der Waals surface area contributed by atoms with Crippen molar-refractivity contribution in [1.82, 2.24) is 0 Å². The third-order valence-electron chi connectivity index (χ3n) is 5.70. The van der Waals surface area contributed by atoms with Crippen LogP contribution in [0.25, 0.3) is 0 Å². The van der Waals surface area contributed by atoms with Gasteiger partial charge in [0.1, 0.15) is 17.4 Å². The van der Waals surface area contributed by atoms with E-state index in [0.717, 1.165) is 0 Å². The van der Waals surface area contributed by atoms with Gasteiger partial charge in [-0.25, -0.2) is 8.78 Å². The van der Waals surface area contributed by atoms with E-state index < -0.39 is 23.9 Å². The maximum atomic E-state index is 13.4. The molecule has 1 amide bonds. The van der Waals surface area contributed by atoms with Gasteiger partial charge < -0.3 is 20.8 Å². The molecule has 0 aromatic heterocycles. The Morgan fingerprint density at radius 1 is 0.968 bits per heavy atom. The number of nitrogens with zero attached hydrogens (tertiary/aromatic N) is 1. The van der Waals surface area contributed by atoms with Gasteiger partial charge in [0.2, 0.25) is 5.91 Å². The molecule has 7 heteroatoms. The van der Waals surface area contributed by atoms with Gasteiger partial charge in [-0.15, -0.1) is 0 Å². The van der Waals surface area contributed by atoms with Crippen molar-refractivity contribution in [3.05, 3.63) is 89.5 Å². The first-order valence-corrected chi connectivity index (χ1v) is 9.95. The minimum Gasteiger partial charge on any atom is -0.508 e. The van der Waals surface area contributed by atoms with Gasteiger partial charge in [-0.2, -0.15) is 0 Å². The van der Waals surface area contributed by atoms with E-state index in [9.17, 15) is 23.8 Å². The number of aromatic hydroxyl groups is 1. The summed E-state index contributed by atoms with van der Waals surface area (Å²) in [5.74, 6) is -1.51. The lowest BCUT2D eigenvalue weighted by atomic mass is 9.78. The number of carbonyl (C=O) groups excluding carboxylic acids is 1. The number of nitrogens with two attached hydrogens (primary N) is 1. The van der Waals surface area contributed by atoms with Gasteiger partial charge in [-0.05, 0) is 60.9 Å². The van der Waals surface area contributed by atoms with E-state index in [4.69, 9.17) is 5.73 Å². The number of phenolic OH excluding ortho intramolecular Hbond substituents is 1. The molecule has 160 valence electrons. The van der Waals surface area contributed by atoms with Crippen molar-refractivity contribution in [3.63, 3.8) is 0 Å². The molecule has 4 N–H and O–H groups in total. The van der Waals surface area contributed by atoms with Gasteiger partial charge in [0, 0.05) is 23.0 Å². The lowest BCUT2D eigenvalue weighted by molar-refractivity contribution is -0.131. The van der Waals surface area contributed by atoms with Gasteiger partial charge in [0.15, 0.2) is 0 Å². The number of carbonyl (C=O) groups is 1. The number of halogens is 2. The van der Waals surface area contributed by atoms with Crippen LogP contribution in [-0.2, 0) is 4.79 Å². The summed E-state index contributed by atoms with van der Waals surface area (Å²) >= 11 is 0. The number of anilines is 2. The van der Waals surface area contributed by atoms with E-state index in [0.29, 0.717) is 28.9 Å². The van der Waals surface area contributed by atoms with Crippen LogP contribution in [-0.4, -0.2) is 16.1 Å². The summed E-state index contributed by atoms with van der Waals surface area (Å²) in [6.45, 7) is 0. The molecular formula is C24H22F2N2O3. The van der Waals surface area contributed by atoms with E-state index in [1.54, 1.807) is 12.1 Å². The molecule has 1 saturated heterocycles. The summed E-state index contributed by atoms with van der Waals surface area (Å²) in [5.41, 5.74) is 7.74. The first kappa shape index (κ1) is 20.8. The highest BCUT2D eigenvalue weighted by molar-refractivity contribution is 6.03. The fourth-order valence-corrected chi connectivity index (χ4v) is 4.08. The molecule has 0 bridgehead atoms. The number of hydrogen-bond donors (Lipinski definition) is 3. The first-order chi connectivity index (χ1) is 14.8. The molecule has 1 aliphatic heterocycles. The topological polar surface area (TPSA) is 86.8 Å². The number of rotatable bonds is 6. The molecule has 5 nitrogen and oxygen atoms in total. The fourth-order valence-electron chi connectivity index (χ4n) is 4.08. The number of nitrogen functional groups attached to an aromatic ring is 1. The minimum atomic E-state index is -0.853. The first-order valence-electron chi connectivity index (χ1n) is 9.95. The molecule has 4 rings (SSSR count). The Labute approximate surface area is 178 Å². The smallest absolute Gasteiger partial charge is 0.233 e. The van der Waals surface area contributed by atoms with Crippen LogP contribution < -0.4 is 10.6 Å². The molecule has 31 heavy (non-hydrogen) atoms. The van der Waals surface area contributed by atoms with Crippen LogP contribution in [0, 0.1) is 17.6 Å². The molecule has 0 spiro atoms. The summed E-state index contributed by atoms with van der Waals surface area (Å²) in [5, 5.41) is 20.9. The van der Waals surface area contributed by atoms with Crippen LogP contribution in [0.1, 0.15) is 36.1 Å². The molecule has 3 atom stereocenters. The molecule has 1 aliphatic rings. The molecule has 0 unspecified atom stereocenters. The van der Waals surface area contributed by atoms with Crippen LogP contribution >= 0.6 is 0 Å². The summed E-state index contributed by atoms with van der Waals surface area (Å²) in [4.78, 5) is 14.5. The summed E-state index contributed by atoms with van der Waals surface area (Å²) in [6.07, 6.45) is -0.219. The van der Waals surface area contributed by atoms with Gasteiger partial charge in [0.25, 0.3) is 0 Å². The summed E-state index contributed by atoms with van der Waals surface area (Å²) in [6, 6.07) is 15.4. The molecule has 3 aromatic rings. The third kappa shape index (κ3) is 4.09. The van der Waals surface area contributed by atoms with E-state index in [2.05, 4.69) is 0 Å². The standard InChI is InChI=1S/C24H22F2N2O3/c25-15-3-1-14(2-4-15)21(29)12-11-20-23(19-10-7-17(27)13-22(19)30)28(24(20)31)18-8-5-16(26)6-9-18/h1-10,13,20-21,23,29-30H,11-12,27H2/t20-,21+,23-/m1/s1. The average Bonchev–Trinajstić information content (AvgIpc) is 2.74. The van der Waals surface area contributed by atoms with E-state index in [1.165, 1.54) is 59.5 Å². The number of hydrogen-bond acceptors (Lipinski definition) is 4. The third-order valence-corrected chi connectivity index (χ3v) is 5.70. The second-order valence-corrected chi connectivity index (χ2v) is 7.70. The molecule has 0 radical (unpaired) electrons. The predicted octanol–water partition coefficient (Wildman–Crippen LogP) is 4.47.